The van der Waals surface area contributed by atoms with Gasteiger partial charge in [-0.1, -0.05) is 25.7 Å². The topological polar surface area (TPSA) is 94.9 Å². The van der Waals surface area contributed by atoms with Gasteiger partial charge in [0.05, 0.1) is 0 Å². The van der Waals surface area contributed by atoms with E-state index in [9.17, 15) is 14.4 Å². The number of carbonyl (C=O) groups excluding carboxylic acids is 1. The molecule has 0 spiro atoms. The number of rotatable bonds is 7. The summed E-state index contributed by atoms with van der Waals surface area (Å²) < 4.78 is 0. The Balaban J connectivity index is 2.41. The molecule has 0 aliphatic heterocycles. The summed E-state index contributed by atoms with van der Waals surface area (Å²) in [5.74, 6) is -2.23. The number of amides is 1. The van der Waals surface area contributed by atoms with Gasteiger partial charge >= 0.3 is 11.9 Å². The second kappa shape index (κ2) is 6.98. The summed E-state index contributed by atoms with van der Waals surface area (Å²) in [6.45, 7) is -1.09. The van der Waals surface area contributed by atoms with E-state index < -0.39 is 25.0 Å². The van der Waals surface area contributed by atoms with Crippen LogP contribution in [0.4, 0.5) is 0 Å². The summed E-state index contributed by atoms with van der Waals surface area (Å²) in [4.78, 5) is 33.8. The molecule has 0 heterocycles. The van der Waals surface area contributed by atoms with Crippen molar-refractivity contribution in [3.05, 3.63) is 0 Å². The zero-order valence-electron chi connectivity index (χ0n) is 10.3. The van der Waals surface area contributed by atoms with Crippen LogP contribution < -0.4 is 0 Å². The molecule has 1 aliphatic rings. The first-order valence-electron chi connectivity index (χ1n) is 6.20. The van der Waals surface area contributed by atoms with Crippen molar-refractivity contribution in [1.29, 1.82) is 0 Å². The summed E-state index contributed by atoms with van der Waals surface area (Å²) in [6.07, 6.45) is 5.58. The van der Waals surface area contributed by atoms with E-state index >= 15 is 0 Å². The molecule has 1 fully saturated rings. The van der Waals surface area contributed by atoms with Crippen molar-refractivity contribution in [2.75, 3.05) is 13.1 Å². The third kappa shape index (κ3) is 5.16. The second-order valence-corrected chi connectivity index (χ2v) is 4.73. The van der Waals surface area contributed by atoms with Crippen molar-refractivity contribution in [2.24, 2.45) is 5.92 Å². The third-order valence-electron chi connectivity index (χ3n) is 3.25. The van der Waals surface area contributed by atoms with Crippen LogP contribution in [0.15, 0.2) is 0 Å². The van der Waals surface area contributed by atoms with Crippen molar-refractivity contribution >= 4 is 17.8 Å². The summed E-state index contributed by atoms with van der Waals surface area (Å²) in [5.41, 5.74) is 0. The number of carboxylic acids is 2. The number of hydrogen-bond acceptors (Lipinski definition) is 3. The highest BCUT2D eigenvalue weighted by Gasteiger charge is 2.22. The smallest absolute Gasteiger partial charge is 0.323 e. The molecule has 6 nitrogen and oxygen atoms in total. The summed E-state index contributed by atoms with van der Waals surface area (Å²) in [7, 11) is 0. The molecule has 1 amide bonds. The van der Waals surface area contributed by atoms with E-state index in [2.05, 4.69) is 0 Å². The number of nitrogens with zero attached hydrogens (tertiary/aromatic N) is 1. The van der Waals surface area contributed by atoms with Crippen LogP contribution >= 0.6 is 0 Å². The highest BCUT2D eigenvalue weighted by atomic mass is 16.4. The van der Waals surface area contributed by atoms with Crippen molar-refractivity contribution in [3.8, 4) is 0 Å². The first-order chi connectivity index (χ1) is 8.49. The van der Waals surface area contributed by atoms with Crippen molar-refractivity contribution < 1.29 is 24.6 Å². The molecule has 1 rings (SSSR count). The monoisotopic (exact) mass is 257 g/mol. The fraction of sp³-hybridized carbons (Fsp3) is 0.750. The number of carbonyl (C=O) groups is 3. The second-order valence-electron chi connectivity index (χ2n) is 4.73. The van der Waals surface area contributed by atoms with Gasteiger partial charge in [0.25, 0.3) is 0 Å². The van der Waals surface area contributed by atoms with Crippen molar-refractivity contribution in [3.63, 3.8) is 0 Å². The van der Waals surface area contributed by atoms with Crippen LogP contribution in [0.25, 0.3) is 0 Å². The first kappa shape index (κ1) is 14.5. The Morgan fingerprint density at radius 1 is 1.00 bits per heavy atom. The lowest BCUT2D eigenvalue weighted by Crippen LogP contribution is -2.39. The highest BCUT2D eigenvalue weighted by Crippen LogP contribution is 2.28. The van der Waals surface area contributed by atoms with Crippen molar-refractivity contribution in [2.45, 2.75) is 38.5 Å². The molecule has 18 heavy (non-hydrogen) atoms. The quantitative estimate of drug-likeness (QED) is 0.708. The van der Waals surface area contributed by atoms with Gasteiger partial charge in [0.1, 0.15) is 13.1 Å². The summed E-state index contributed by atoms with van der Waals surface area (Å²) in [5, 5.41) is 17.3. The fourth-order valence-electron chi connectivity index (χ4n) is 2.34. The molecule has 0 saturated heterocycles. The zero-order valence-corrected chi connectivity index (χ0v) is 10.3. The van der Waals surface area contributed by atoms with Gasteiger partial charge in [0.2, 0.25) is 5.91 Å². The average Bonchev–Trinajstić information content (AvgIpc) is 2.76. The van der Waals surface area contributed by atoms with Crippen molar-refractivity contribution in [1.82, 2.24) is 4.90 Å². The molecule has 0 unspecified atom stereocenters. The molecule has 0 aromatic heterocycles. The molecule has 1 saturated carbocycles. The van der Waals surface area contributed by atoms with Gasteiger partial charge in [-0.2, -0.15) is 0 Å². The van der Waals surface area contributed by atoms with Gasteiger partial charge in [-0.05, 0) is 12.3 Å². The van der Waals surface area contributed by atoms with E-state index in [-0.39, 0.29) is 12.3 Å². The van der Waals surface area contributed by atoms with Gasteiger partial charge in [-0.15, -0.1) is 0 Å². The Morgan fingerprint density at radius 2 is 1.50 bits per heavy atom. The van der Waals surface area contributed by atoms with Crippen LogP contribution in [0.3, 0.4) is 0 Å². The maximum Gasteiger partial charge on any atom is 0.323 e. The normalized spacial score (nSPS) is 15.6. The van der Waals surface area contributed by atoms with Gasteiger partial charge in [-0.3, -0.25) is 14.4 Å². The predicted octanol–water partition coefficient (Wildman–Crippen LogP) is 0.955. The van der Waals surface area contributed by atoms with E-state index in [0.29, 0.717) is 5.92 Å². The zero-order chi connectivity index (χ0) is 13.5. The molecule has 0 aromatic carbocycles. The Labute approximate surface area is 106 Å². The first-order valence-corrected chi connectivity index (χ1v) is 6.20. The number of hydrogen-bond donors (Lipinski definition) is 2. The lowest BCUT2D eigenvalue weighted by Gasteiger charge is -2.19. The number of carboxylic acid groups (broad SMARTS) is 2. The molecule has 102 valence electrons. The standard InChI is InChI=1S/C12H19NO5/c14-10(6-5-9-3-1-2-4-9)13(7-11(15)16)8-12(17)18/h9H,1-8H2,(H,15,16)(H,17,18). The Kier molecular flexibility index (Phi) is 5.61. The van der Waals surface area contributed by atoms with E-state index in [1.165, 1.54) is 12.8 Å². The third-order valence-corrected chi connectivity index (χ3v) is 3.25. The van der Waals surface area contributed by atoms with E-state index in [1.807, 2.05) is 0 Å². The van der Waals surface area contributed by atoms with Gasteiger partial charge in [0, 0.05) is 6.42 Å². The van der Waals surface area contributed by atoms with Crippen LogP contribution in [0.2, 0.25) is 0 Å². The Hall–Kier alpha value is -1.59. The molecule has 1 aliphatic carbocycles. The summed E-state index contributed by atoms with van der Waals surface area (Å²) >= 11 is 0. The molecule has 0 atom stereocenters. The Morgan fingerprint density at radius 3 is 1.94 bits per heavy atom. The van der Waals surface area contributed by atoms with Crippen LogP contribution in [-0.2, 0) is 14.4 Å². The minimum absolute atomic E-state index is 0.241. The van der Waals surface area contributed by atoms with Crippen LogP contribution in [-0.4, -0.2) is 46.0 Å². The average molecular weight is 257 g/mol. The molecule has 0 bridgehead atoms. The minimum atomic E-state index is -1.19. The highest BCUT2D eigenvalue weighted by molar-refractivity contribution is 5.85. The maximum atomic E-state index is 11.8. The lowest BCUT2D eigenvalue weighted by molar-refractivity contribution is -0.149. The largest absolute Gasteiger partial charge is 0.480 e. The Bertz CT molecular complexity index is 306. The van der Waals surface area contributed by atoms with E-state index in [0.717, 1.165) is 24.2 Å². The van der Waals surface area contributed by atoms with Gasteiger partial charge in [-0.25, -0.2) is 0 Å². The molecular formula is C12H19NO5. The predicted molar refractivity (Wildman–Crippen MR) is 63.0 cm³/mol. The van der Waals surface area contributed by atoms with Gasteiger partial charge in [0.15, 0.2) is 0 Å². The minimum Gasteiger partial charge on any atom is -0.480 e. The SMILES string of the molecule is O=C(O)CN(CC(=O)O)C(=O)CCC1CCCC1. The van der Waals surface area contributed by atoms with Gasteiger partial charge < -0.3 is 15.1 Å². The van der Waals surface area contributed by atoms with Crippen LogP contribution in [0, 0.1) is 5.92 Å². The van der Waals surface area contributed by atoms with Crippen LogP contribution in [0.5, 0.6) is 0 Å². The van der Waals surface area contributed by atoms with E-state index in [1.54, 1.807) is 0 Å². The summed E-state index contributed by atoms with van der Waals surface area (Å²) in [6, 6.07) is 0. The number of aliphatic carboxylic acids is 2. The molecule has 0 aromatic rings. The molecular weight excluding hydrogens is 238 g/mol. The molecule has 2 N–H and O–H groups in total. The molecule has 6 heteroatoms. The fourth-order valence-corrected chi connectivity index (χ4v) is 2.34. The lowest BCUT2D eigenvalue weighted by atomic mass is 10.0. The van der Waals surface area contributed by atoms with Crippen LogP contribution in [0.1, 0.15) is 38.5 Å². The maximum absolute atomic E-state index is 11.8. The van der Waals surface area contributed by atoms with E-state index in [4.69, 9.17) is 10.2 Å². The molecule has 0 radical (unpaired) electrons.